The fourth-order valence-corrected chi connectivity index (χ4v) is 4.05. The molecule has 108 valence electrons. The van der Waals surface area contributed by atoms with Crippen molar-refractivity contribution in [3.8, 4) is 0 Å². The number of carbonyl (C=O) groups is 2. The lowest BCUT2D eigenvalue weighted by Gasteiger charge is -2.43. The van der Waals surface area contributed by atoms with Crippen molar-refractivity contribution < 1.29 is 9.59 Å². The number of hydrogen-bond acceptors (Lipinski definition) is 3. The van der Waals surface area contributed by atoms with E-state index in [1.165, 1.54) is 0 Å². The molecule has 0 spiro atoms. The molecule has 1 saturated carbocycles. The molecule has 4 atom stereocenters. The van der Waals surface area contributed by atoms with Crippen molar-refractivity contribution >= 4 is 23.6 Å². The van der Waals surface area contributed by atoms with Gasteiger partial charge < -0.3 is 10.2 Å². The van der Waals surface area contributed by atoms with Crippen LogP contribution >= 0.6 is 11.8 Å². The number of carbonyl (C=O) groups excluding carboxylic acids is 2. The van der Waals surface area contributed by atoms with Crippen LogP contribution in [0.1, 0.15) is 40.0 Å². The fraction of sp³-hybridized carbons (Fsp3) is 0.857. The first-order valence-electron chi connectivity index (χ1n) is 7.11. The zero-order valence-electron chi connectivity index (χ0n) is 12.2. The van der Waals surface area contributed by atoms with Gasteiger partial charge in [-0.1, -0.05) is 13.8 Å². The van der Waals surface area contributed by atoms with Crippen LogP contribution in [-0.2, 0) is 9.59 Å². The second-order valence-electron chi connectivity index (χ2n) is 5.99. The Hall–Kier alpha value is -0.710. The zero-order valence-corrected chi connectivity index (χ0v) is 13.0. The van der Waals surface area contributed by atoms with Crippen molar-refractivity contribution in [2.45, 2.75) is 63.4 Å². The molecule has 2 aliphatic rings. The standard InChI is InChI=1S/C14H24N2O2S/c1-8(2)12-13(17)15-9(3)14(18)16(12)10-5-6-11(7-10)19-4/h8-12H,5-7H2,1-4H3,(H,15,17). The molecule has 1 aliphatic carbocycles. The highest BCUT2D eigenvalue weighted by molar-refractivity contribution is 7.99. The first kappa shape index (κ1) is 14.7. The van der Waals surface area contributed by atoms with Crippen LogP contribution in [0.2, 0.25) is 0 Å². The van der Waals surface area contributed by atoms with Crippen LogP contribution < -0.4 is 5.32 Å². The second kappa shape index (κ2) is 5.73. The number of rotatable bonds is 3. The van der Waals surface area contributed by atoms with Crippen molar-refractivity contribution in [2.24, 2.45) is 5.92 Å². The number of hydrogen-bond donors (Lipinski definition) is 1. The highest BCUT2D eigenvalue weighted by Gasteiger charge is 2.45. The number of nitrogens with zero attached hydrogens (tertiary/aromatic N) is 1. The summed E-state index contributed by atoms with van der Waals surface area (Å²) in [6.07, 6.45) is 5.33. The number of nitrogens with one attached hydrogen (secondary N) is 1. The van der Waals surface area contributed by atoms with E-state index in [1.54, 1.807) is 6.92 Å². The first-order valence-corrected chi connectivity index (χ1v) is 8.39. The van der Waals surface area contributed by atoms with Gasteiger partial charge in [-0.05, 0) is 38.4 Å². The van der Waals surface area contributed by atoms with E-state index in [9.17, 15) is 9.59 Å². The second-order valence-corrected chi connectivity index (χ2v) is 7.13. The molecule has 0 aromatic rings. The molecule has 1 aliphatic heterocycles. The number of amides is 2. The van der Waals surface area contributed by atoms with Gasteiger partial charge in [0, 0.05) is 11.3 Å². The van der Waals surface area contributed by atoms with Crippen molar-refractivity contribution in [3.05, 3.63) is 0 Å². The first-order chi connectivity index (χ1) is 8.95. The van der Waals surface area contributed by atoms with Gasteiger partial charge in [-0.2, -0.15) is 11.8 Å². The van der Waals surface area contributed by atoms with E-state index < -0.39 is 0 Å². The van der Waals surface area contributed by atoms with Crippen LogP contribution in [-0.4, -0.2) is 46.3 Å². The summed E-state index contributed by atoms with van der Waals surface area (Å²) in [6.45, 7) is 5.81. The van der Waals surface area contributed by atoms with Crippen LogP contribution in [0.5, 0.6) is 0 Å². The molecule has 2 fully saturated rings. The van der Waals surface area contributed by atoms with Gasteiger partial charge in [0.05, 0.1) is 0 Å². The molecule has 0 aromatic heterocycles. The molecule has 0 aromatic carbocycles. The molecule has 1 N–H and O–H groups in total. The summed E-state index contributed by atoms with van der Waals surface area (Å²) in [5.74, 6) is 0.254. The summed E-state index contributed by atoms with van der Waals surface area (Å²) in [7, 11) is 0. The summed E-state index contributed by atoms with van der Waals surface area (Å²) in [4.78, 5) is 26.6. The molecule has 2 rings (SSSR count). The summed E-state index contributed by atoms with van der Waals surface area (Å²) >= 11 is 1.87. The number of piperazine rings is 1. The van der Waals surface area contributed by atoms with Gasteiger partial charge in [-0.3, -0.25) is 9.59 Å². The van der Waals surface area contributed by atoms with Crippen LogP contribution in [0.3, 0.4) is 0 Å². The van der Waals surface area contributed by atoms with Crippen LogP contribution in [0.15, 0.2) is 0 Å². The van der Waals surface area contributed by atoms with Gasteiger partial charge >= 0.3 is 0 Å². The maximum Gasteiger partial charge on any atom is 0.245 e. The Kier molecular flexibility index (Phi) is 4.43. The lowest BCUT2D eigenvalue weighted by atomic mass is 9.95. The molecular weight excluding hydrogens is 260 g/mol. The highest BCUT2D eigenvalue weighted by Crippen LogP contribution is 2.34. The molecule has 1 heterocycles. The van der Waals surface area contributed by atoms with E-state index in [0.717, 1.165) is 19.3 Å². The van der Waals surface area contributed by atoms with Gasteiger partial charge in [0.1, 0.15) is 12.1 Å². The van der Waals surface area contributed by atoms with Crippen LogP contribution in [0.25, 0.3) is 0 Å². The average molecular weight is 284 g/mol. The Morgan fingerprint density at radius 1 is 1.32 bits per heavy atom. The van der Waals surface area contributed by atoms with Crippen molar-refractivity contribution in [3.63, 3.8) is 0 Å². The van der Waals surface area contributed by atoms with E-state index in [1.807, 2.05) is 30.5 Å². The highest BCUT2D eigenvalue weighted by atomic mass is 32.2. The summed E-state index contributed by atoms with van der Waals surface area (Å²) in [5, 5.41) is 3.43. The molecule has 2 amide bonds. The summed E-state index contributed by atoms with van der Waals surface area (Å²) in [5.41, 5.74) is 0. The van der Waals surface area contributed by atoms with Crippen molar-refractivity contribution in [2.75, 3.05) is 6.26 Å². The average Bonchev–Trinajstić information content (AvgIpc) is 2.81. The van der Waals surface area contributed by atoms with E-state index >= 15 is 0 Å². The van der Waals surface area contributed by atoms with E-state index in [-0.39, 0.29) is 35.9 Å². The Morgan fingerprint density at radius 3 is 2.53 bits per heavy atom. The van der Waals surface area contributed by atoms with Crippen LogP contribution in [0.4, 0.5) is 0 Å². The molecule has 1 saturated heterocycles. The smallest absolute Gasteiger partial charge is 0.245 e. The van der Waals surface area contributed by atoms with Crippen molar-refractivity contribution in [1.29, 1.82) is 0 Å². The third-order valence-corrected chi connectivity index (χ3v) is 5.36. The predicted molar refractivity (Wildman–Crippen MR) is 78.0 cm³/mol. The topological polar surface area (TPSA) is 49.4 Å². The lowest BCUT2D eigenvalue weighted by molar-refractivity contribution is -0.153. The molecule has 0 radical (unpaired) electrons. The normalized spacial score (nSPS) is 35.9. The summed E-state index contributed by atoms with van der Waals surface area (Å²) in [6, 6.07) is -0.434. The van der Waals surface area contributed by atoms with Crippen molar-refractivity contribution in [1.82, 2.24) is 10.2 Å². The van der Waals surface area contributed by atoms with Gasteiger partial charge in [0.15, 0.2) is 0 Å². The maximum absolute atomic E-state index is 12.5. The van der Waals surface area contributed by atoms with E-state index in [2.05, 4.69) is 11.6 Å². The molecular formula is C14H24N2O2S. The summed E-state index contributed by atoms with van der Waals surface area (Å²) < 4.78 is 0. The quantitative estimate of drug-likeness (QED) is 0.857. The SMILES string of the molecule is CSC1CCC(N2C(=O)C(C)NC(=O)C2C(C)C)C1. The van der Waals surface area contributed by atoms with Gasteiger partial charge in [0.2, 0.25) is 11.8 Å². The van der Waals surface area contributed by atoms with E-state index in [0.29, 0.717) is 5.25 Å². The Labute approximate surface area is 119 Å². The zero-order chi connectivity index (χ0) is 14.2. The van der Waals surface area contributed by atoms with E-state index in [4.69, 9.17) is 0 Å². The minimum atomic E-state index is -0.379. The van der Waals surface area contributed by atoms with Gasteiger partial charge in [0.25, 0.3) is 0 Å². The lowest BCUT2D eigenvalue weighted by Crippen LogP contribution is -2.66. The monoisotopic (exact) mass is 284 g/mol. The molecule has 4 nitrogen and oxygen atoms in total. The third-order valence-electron chi connectivity index (χ3n) is 4.27. The number of thioether (sulfide) groups is 1. The third kappa shape index (κ3) is 2.76. The minimum Gasteiger partial charge on any atom is -0.343 e. The largest absolute Gasteiger partial charge is 0.343 e. The fourth-order valence-electron chi connectivity index (χ4n) is 3.26. The Bertz CT molecular complexity index is 372. The molecule has 5 heteroatoms. The molecule has 0 bridgehead atoms. The van der Waals surface area contributed by atoms with Crippen LogP contribution in [0, 0.1) is 5.92 Å². The Balaban J connectivity index is 2.21. The van der Waals surface area contributed by atoms with Gasteiger partial charge in [-0.25, -0.2) is 0 Å². The molecule has 19 heavy (non-hydrogen) atoms. The van der Waals surface area contributed by atoms with Gasteiger partial charge in [-0.15, -0.1) is 0 Å². The molecule has 4 unspecified atom stereocenters. The minimum absolute atomic E-state index is 0.00898. The predicted octanol–water partition coefficient (Wildman–Crippen LogP) is 1.64. The Morgan fingerprint density at radius 2 is 2.00 bits per heavy atom. The maximum atomic E-state index is 12.5.